The van der Waals surface area contributed by atoms with Gasteiger partial charge in [-0.15, -0.1) is 0 Å². The van der Waals surface area contributed by atoms with Crippen LogP contribution in [0, 0.1) is 5.41 Å². The van der Waals surface area contributed by atoms with E-state index in [9.17, 15) is 4.79 Å². The van der Waals surface area contributed by atoms with Crippen LogP contribution in [0.15, 0.2) is 22.7 Å². The second-order valence-electron chi connectivity index (χ2n) is 6.30. The predicted molar refractivity (Wildman–Crippen MR) is 92.2 cm³/mol. The third-order valence-corrected chi connectivity index (χ3v) is 5.61. The fourth-order valence-corrected chi connectivity index (χ4v) is 3.56. The average molecular weight is 373 g/mol. The van der Waals surface area contributed by atoms with Crippen LogP contribution in [-0.2, 0) is 0 Å². The van der Waals surface area contributed by atoms with Crippen molar-refractivity contribution in [1.82, 2.24) is 4.90 Å². The first-order valence-electron chi connectivity index (χ1n) is 7.64. The number of hydrogen-bond acceptors (Lipinski definition) is 2. The maximum Gasteiger partial charge on any atom is 0.165 e. The minimum absolute atomic E-state index is 0.135. The Morgan fingerprint density at radius 2 is 2.05 bits per heavy atom. The Morgan fingerprint density at radius 3 is 2.62 bits per heavy atom. The van der Waals surface area contributed by atoms with Gasteiger partial charge in [0.25, 0.3) is 0 Å². The van der Waals surface area contributed by atoms with Crippen molar-refractivity contribution in [3.63, 3.8) is 0 Å². The standard InChI is InChI=1S/C17H23BrClNO/c1-3-17(2)7-10-20(11-8-17)9-6-16(21)14-5-4-13(18)12-15(14)19/h4-5,12H,3,6-11H2,1-2H3. The van der Waals surface area contributed by atoms with E-state index >= 15 is 0 Å². The number of rotatable bonds is 5. The van der Waals surface area contributed by atoms with Crippen molar-refractivity contribution in [2.45, 2.75) is 39.5 Å². The summed E-state index contributed by atoms with van der Waals surface area (Å²) in [5.41, 5.74) is 1.13. The molecule has 0 spiro atoms. The van der Waals surface area contributed by atoms with Crippen molar-refractivity contribution in [2.24, 2.45) is 5.41 Å². The smallest absolute Gasteiger partial charge is 0.165 e. The molecule has 2 rings (SSSR count). The molecule has 1 saturated heterocycles. The number of Topliss-reactive ketones (excluding diaryl/α,β-unsaturated/α-hetero) is 1. The SMILES string of the molecule is CCC1(C)CCN(CCC(=O)c2ccc(Br)cc2Cl)CC1. The molecule has 21 heavy (non-hydrogen) atoms. The van der Waals surface area contributed by atoms with Gasteiger partial charge in [0.05, 0.1) is 5.02 Å². The lowest BCUT2D eigenvalue weighted by molar-refractivity contribution is 0.0902. The maximum absolute atomic E-state index is 12.3. The van der Waals surface area contributed by atoms with Crippen LogP contribution in [0.5, 0.6) is 0 Å². The molecule has 1 aromatic carbocycles. The lowest BCUT2D eigenvalue weighted by Gasteiger charge is -2.38. The molecular weight excluding hydrogens is 350 g/mol. The summed E-state index contributed by atoms with van der Waals surface area (Å²) in [6, 6.07) is 5.45. The van der Waals surface area contributed by atoms with Crippen LogP contribution in [0.25, 0.3) is 0 Å². The number of ketones is 1. The first kappa shape index (κ1) is 17.0. The molecule has 1 fully saturated rings. The van der Waals surface area contributed by atoms with Crippen LogP contribution in [0.3, 0.4) is 0 Å². The zero-order valence-electron chi connectivity index (χ0n) is 12.8. The summed E-state index contributed by atoms with van der Waals surface area (Å²) in [6.07, 6.45) is 4.26. The second-order valence-corrected chi connectivity index (χ2v) is 7.63. The Labute approximate surface area is 141 Å². The van der Waals surface area contributed by atoms with Crippen LogP contribution in [0.4, 0.5) is 0 Å². The van der Waals surface area contributed by atoms with Gasteiger partial charge in [-0.1, -0.05) is 47.8 Å². The average Bonchev–Trinajstić information content (AvgIpc) is 2.46. The topological polar surface area (TPSA) is 20.3 Å². The molecule has 1 aliphatic heterocycles. The van der Waals surface area contributed by atoms with Crippen LogP contribution in [-0.4, -0.2) is 30.3 Å². The molecule has 1 aliphatic rings. The van der Waals surface area contributed by atoms with Gasteiger partial charge in [-0.2, -0.15) is 0 Å². The highest BCUT2D eigenvalue weighted by molar-refractivity contribution is 9.10. The normalized spacial score (nSPS) is 18.7. The summed E-state index contributed by atoms with van der Waals surface area (Å²) in [5, 5.41) is 0.534. The number of likely N-dealkylation sites (tertiary alicyclic amines) is 1. The molecule has 0 saturated carbocycles. The number of carbonyl (C=O) groups is 1. The van der Waals surface area contributed by atoms with Crippen molar-refractivity contribution in [3.05, 3.63) is 33.3 Å². The quantitative estimate of drug-likeness (QED) is 0.663. The molecule has 0 aliphatic carbocycles. The fourth-order valence-electron chi connectivity index (χ4n) is 2.78. The Morgan fingerprint density at radius 1 is 1.38 bits per heavy atom. The number of piperidine rings is 1. The largest absolute Gasteiger partial charge is 0.303 e. The molecule has 0 radical (unpaired) electrons. The molecule has 0 atom stereocenters. The van der Waals surface area contributed by atoms with E-state index in [-0.39, 0.29) is 5.78 Å². The van der Waals surface area contributed by atoms with Crippen LogP contribution < -0.4 is 0 Å². The van der Waals surface area contributed by atoms with E-state index in [2.05, 4.69) is 34.7 Å². The Bertz CT molecular complexity index is 510. The van der Waals surface area contributed by atoms with Gasteiger partial charge in [-0.25, -0.2) is 0 Å². The molecule has 2 nitrogen and oxygen atoms in total. The molecule has 0 N–H and O–H groups in total. The van der Waals surface area contributed by atoms with Crippen LogP contribution in [0.1, 0.15) is 49.9 Å². The van der Waals surface area contributed by atoms with Gasteiger partial charge in [0, 0.05) is 23.0 Å². The van der Waals surface area contributed by atoms with E-state index in [1.165, 1.54) is 19.3 Å². The van der Waals surface area contributed by atoms with Crippen molar-refractivity contribution >= 4 is 33.3 Å². The van der Waals surface area contributed by atoms with Gasteiger partial charge >= 0.3 is 0 Å². The third-order valence-electron chi connectivity index (χ3n) is 4.80. The molecule has 116 valence electrons. The summed E-state index contributed by atoms with van der Waals surface area (Å²) in [4.78, 5) is 14.7. The number of carbonyl (C=O) groups excluding carboxylic acids is 1. The summed E-state index contributed by atoms with van der Waals surface area (Å²) >= 11 is 9.50. The van der Waals surface area contributed by atoms with E-state index in [1.807, 2.05) is 6.07 Å². The monoisotopic (exact) mass is 371 g/mol. The van der Waals surface area contributed by atoms with Crippen LogP contribution >= 0.6 is 27.5 Å². The predicted octanol–water partition coefficient (Wildman–Crippen LogP) is 5.19. The minimum Gasteiger partial charge on any atom is -0.303 e. The van der Waals surface area contributed by atoms with Gasteiger partial charge in [0.2, 0.25) is 0 Å². The summed E-state index contributed by atoms with van der Waals surface area (Å²) in [6.45, 7) is 7.69. The van der Waals surface area contributed by atoms with E-state index < -0.39 is 0 Å². The van der Waals surface area contributed by atoms with Crippen molar-refractivity contribution in [3.8, 4) is 0 Å². The first-order chi connectivity index (χ1) is 9.93. The van der Waals surface area contributed by atoms with E-state index in [0.717, 1.165) is 24.1 Å². The molecule has 1 heterocycles. The van der Waals surface area contributed by atoms with Gasteiger partial charge in [0.1, 0.15) is 0 Å². The number of benzene rings is 1. The molecule has 4 heteroatoms. The summed E-state index contributed by atoms with van der Waals surface area (Å²) in [5.74, 6) is 0.135. The summed E-state index contributed by atoms with van der Waals surface area (Å²) < 4.78 is 0.902. The fraction of sp³-hybridized carbons (Fsp3) is 0.588. The zero-order chi connectivity index (χ0) is 15.5. The van der Waals surface area contributed by atoms with E-state index in [0.29, 0.717) is 22.4 Å². The number of hydrogen-bond donors (Lipinski definition) is 0. The Kier molecular flexibility index (Phi) is 5.87. The van der Waals surface area contributed by atoms with E-state index in [1.54, 1.807) is 12.1 Å². The minimum atomic E-state index is 0.135. The van der Waals surface area contributed by atoms with Gasteiger partial charge in [0.15, 0.2) is 5.78 Å². The second kappa shape index (κ2) is 7.26. The molecular formula is C17H23BrClNO. The first-order valence-corrected chi connectivity index (χ1v) is 8.81. The molecule has 0 bridgehead atoms. The number of halogens is 2. The van der Waals surface area contributed by atoms with Crippen molar-refractivity contribution in [1.29, 1.82) is 0 Å². The van der Waals surface area contributed by atoms with E-state index in [4.69, 9.17) is 11.6 Å². The molecule has 1 aromatic rings. The highest BCUT2D eigenvalue weighted by atomic mass is 79.9. The van der Waals surface area contributed by atoms with Crippen molar-refractivity contribution in [2.75, 3.05) is 19.6 Å². The highest BCUT2D eigenvalue weighted by Gasteiger charge is 2.28. The number of nitrogens with zero attached hydrogens (tertiary/aromatic N) is 1. The zero-order valence-corrected chi connectivity index (χ0v) is 15.1. The van der Waals surface area contributed by atoms with Crippen LogP contribution in [0.2, 0.25) is 5.02 Å². The van der Waals surface area contributed by atoms with Gasteiger partial charge < -0.3 is 4.90 Å². The van der Waals surface area contributed by atoms with Crippen molar-refractivity contribution < 1.29 is 4.79 Å². The summed E-state index contributed by atoms with van der Waals surface area (Å²) in [7, 11) is 0. The van der Waals surface area contributed by atoms with Gasteiger partial charge in [-0.05, 0) is 49.5 Å². The third kappa shape index (κ3) is 4.54. The Balaban J connectivity index is 1.85. The van der Waals surface area contributed by atoms with Gasteiger partial charge in [-0.3, -0.25) is 4.79 Å². The molecule has 0 aromatic heterocycles. The lowest BCUT2D eigenvalue weighted by atomic mass is 9.78. The maximum atomic E-state index is 12.3. The lowest BCUT2D eigenvalue weighted by Crippen LogP contribution is -2.39. The Hall–Kier alpha value is -0.380. The highest BCUT2D eigenvalue weighted by Crippen LogP contribution is 2.34. The molecule has 0 amide bonds. The molecule has 0 unspecified atom stereocenters.